The highest BCUT2D eigenvalue weighted by atomic mass is 32.2. The molecule has 11 nitrogen and oxygen atoms in total. The third-order valence-electron chi connectivity index (χ3n) is 4.78. The lowest BCUT2D eigenvalue weighted by Gasteiger charge is -2.21. The second-order valence-corrected chi connectivity index (χ2v) is 9.21. The Balaban J connectivity index is 2.31. The fourth-order valence-electron chi connectivity index (χ4n) is 2.74. The van der Waals surface area contributed by atoms with Crippen LogP contribution in [0.4, 0.5) is 11.4 Å². The zero-order chi connectivity index (χ0) is 24.8. The molecule has 0 heterocycles. The molecule has 1 N–H and O–H groups in total. The van der Waals surface area contributed by atoms with E-state index in [9.17, 15) is 23.3 Å². The number of nitro benzene ring substituents is 1. The van der Waals surface area contributed by atoms with E-state index in [1.165, 1.54) is 55.9 Å². The summed E-state index contributed by atoms with van der Waals surface area (Å²) < 4.78 is 41.9. The van der Waals surface area contributed by atoms with Gasteiger partial charge in [0.15, 0.2) is 11.5 Å². The maximum atomic E-state index is 12.8. The molecule has 2 rings (SSSR count). The lowest BCUT2D eigenvalue weighted by molar-refractivity contribution is -0.385. The second-order valence-electron chi connectivity index (χ2n) is 7.21. The minimum Gasteiger partial charge on any atom is -0.493 e. The van der Waals surface area contributed by atoms with E-state index in [0.29, 0.717) is 0 Å². The maximum absolute atomic E-state index is 12.8. The normalized spacial score (nSPS) is 11.5. The van der Waals surface area contributed by atoms with Crippen molar-refractivity contribution in [3.63, 3.8) is 0 Å². The van der Waals surface area contributed by atoms with Gasteiger partial charge in [0.2, 0.25) is 10.0 Å². The van der Waals surface area contributed by atoms with E-state index >= 15 is 0 Å². The number of amides is 1. The topological polar surface area (TPSA) is 137 Å². The SMILES string of the molecule is COCCOc1cc([N+](=O)[O-])c(C(=O)Nc2ccc(S(=O)(=O)N(C)C(C)C)cc2)cc1OC. The molecule has 0 aliphatic carbocycles. The molecule has 0 aromatic heterocycles. The summed E-state index contributed by atoms with van der Waals surface area (Å²) in [6, 6.07) is 7.62. The molecule has 0 aliphatic rings. The van der Waals surface area contributed by atoms with E-state index < -0.39 is 26.5 Å². The largest absolute Gasteiger partial charge is 0.493 e. The van der Waals surface area contributed by atoms with Crippen molar-refractivity contribution >= 4 is 27.3 Å². The van der Waals surface area contributed by atoms with Crippen molar-refractivity contribution in [2.75, 3.05) is 39.8 Å². The van der Waals surface area contributed by atoms with Crippen molar-refractivity contribution in [1.82, 2.24) is 4.31 Å². The number of ether oxygens (including phenoxy) is 3. The molecular formula is C21H27N3O8S. The highest BCUT2D eigenvalue weighted by molar-refractivity contribution is 7.89. The van der Waals surface area contributed by atoms with Crippen LogP contribution in [0.1, 0.15) is 24.2 Å². The van der Waals surface area contributed by atoms with Gasteiger partial charge in [0, 0.05) is 32.0 Å². The zero-order valence-corrected chi connectivity index (χ0v) is 19.8. The molecule has 0 saturated heterocycles. The molecule has 0 spiro atoms. The van der Waals surface area contributed by atoms with Crippen LogP contribution >= 0.6 is 0 Å². The molecule has 0 fully saturated rings. The molecule has 2 aromatic rings. The summed E-state index contributed by atoms with van der Waals surface area (Å²) in [5, 5.41) is 14.1. The highest BCUT2D eigenvalue weighted by Crippen LogP contribution is 2.35. The number of carbonyl (C=O) groups is 1. The zero-order valence-electron chi connectivity index (χ0n) is 19.0. The standard InChI is InChI=1S/C21H27N3O8S/c1-14(2)23(3)33(28,29)16-8-6-15(7-9-16)22-21(25)17-12-19(31-5)20(32-11-10-30-4)13-18(17)24(26)27/h6-9,12-14H,10-11H2,1-5H3,(H,22,25). The predicted octanol–water partition coefficient (Wildman–Crippen LogP) is 2.91. The van der Waals surface area contributed by atoms with Crippen LogP contribution in [-0.2, 0) is 14.8 Å². The minimum absolute atomic E-state index is 0.0573. The molecule has 0 atom stereocenters. The molecule has 180 valence electrons. The van der Waals surface area contributed by atoms with Gasteiger partial charge in [-0.2, -0.15) is 4.31 Å². The van der Waals surface area contributed by atoms with Crippen LogP contribution in [0, 0.1) is 10.1 Å². The number of nitro groups is 1. The molecule has 0 saturated carbocycles. The van der Waals surface area contributed by atoms with Crippen LogP contribution in [0.2, 0.25) is 0 Å². The molecule has 2 aromatic carbocycles. The molecule has 0 radical (unpaired) electrons. The summed E-state index contributed by atoms with van der Waals surface area (Å²) >= 11 is 0. The van der Waals surface area contributed by atoms with Crippen molar-refractivity contribution in [1.29, 1.82) is 0 Å². The van der Waals surface area contributed by atoms with Crippen molar-refractivity contribution in [2.45, 2.75) is 24.8 Å². The van der Waals surface area contributed by atoms with E-state index in [0.717, 1.165) is 6.07 Å². The first kappa shape index (κ1) is 26.0. The van der Waals surface area contributed by atoms with E-state index in [2.05, 4.69) is 5.32 Å². The minimum atomic E-state index is -3.69. The summed E-state index contributed by atoms with van der Waals surface area (Å²) in [5.74, 6) is -0.528. The first-order valence-electron chi connectivity index (χ1n) is 9.90. The Kier molecular flexibility index (Phi) is 8.74. The molecule has 0 aliphatic heterocycles. The van der Waals surface area contributed by atoms with Crippen LogP contribution in [0.15, 0.2) is 41.3 Å². The third kappa shape index (κ3) is 6.18. The number of carbonyl (C=O) groups excluding carboxylic acids is 1. The van der Waals surface area contributed by atoms with Crippen LogP contribution in [0.5, 0.6) is 11.5 Å². The van der Waals surface area contributed by atoms with Crippen LogP contribution in [0.3, 0.4) is 0 Å². The van der Waals surface area contributed by atoms with Gasteiger partial charge in [-0.1, -0.05) is 0 Å². The van der Waals surface area contributed by atoms with Crippen molar-refractivity contribution in [3.05, 3.63) is 52.1 Å². The molecule has 0 unspecified atom stereocenters. The Morgan fingerprint density at radius 1 is 1.12 bits per heavy atom. The van der Waals surface area contributed by atoms with Crippen molar-refractivity contribution < 1.29 is 32.3 Å². The van der Waals surface area contributed by atoms with E-state index in [-0.39, 0.29) is 46.9 Å². The number of sulfonamides is 1. The molecule has 33 heavy (non-hydrogen) atoms. The average molecular weight is 482 g/mol. The first-order valence-corrected chi connectivity index (χ1v) is 11.3. The monoisotopic (exact) mass is 481 g/mol. The van der Waals surface area contributed by atoms with Crippen LogP contribution in [-0.4, -0.2) is 64.1 Å². The Morgan fingerprint density at radius 3 is 2.27 bits per heavy atom. The number of nitrogens with one attached hydrogen (secondary N) is 1. The second kappa shape index (κ2) is 11.1. The van der Waals surface area contributed by atoms with Gasteiger partial charge in [0.1, 0.15) is 12.2 Å². The summed E-state index contributed by atoms with van der Waals surface area (Å²) in [6.45, 7) is 3.90. The molecule has 0 bridgehead atoms. The molecular weight excluding hydrogens is 454 g/mol. The number of anilines is 1. The molecule has 1 amide bonds. The average Bonchev–Trinajstić information content (AvgIpc) is 2.78. The number of hydrogen-bond donors (Lipinski definition) is 1. The van der Waals surface area contributed by atoms with Crippen LogP contribution in [0.25, 0.3) is 0 Å². The summed E-state index contributed by atoms with van der Waals surface area (Å²) in [6.07, 6.45) is 0. The van der Waals surface area contributed by atoms with Gasteiger partial charge in [-0.25, -0.2) is 8.42 Å². The quantitative estimate of drug-likeness (QED) is 0.294. The lowest BCUT2D eigenvalue weighted by Crippen LogP contribution is -2.33. The van der Waals surface area contributed by atoms with Gasteiger partial charge in [-0.05, 0) is 38.1 Å². The number of nitrogens with zero attached hydrogens (tertiary/aromatic N) is 2. The Hall–Kier alpha value is -3.22. The Labute approximate surface area is 192 Å². The van der Waals surface area contributed by atoms with E-state index in [1.807, 2.05) is 0 Å². The number of benzene rings is 2. The van der Waals surface area contributed by atoms with Gasteiger partial charge in [-0.15, -0.1) is 0 Å². The smallest absolute Gasteiger partial charge is 0.286 e. The highest BCUT2D eigenvalue weighted by Gasteiger charge is 2.26. The Bertz CT molecular complexity index is 1100. The Morgan fingerprint density at radius 2 is 1.76 bits per heavy atom. The van der Waals surface area contributed by atoms with Crippen molar-refractivity contribution in [2.24, 2.45) is 0 Å². The summed E-state index contributed by atoms with van der Waals surface area (Å²) in [7, 11) is 0.626. The summed E-state index contributed by atoms with van der Waals surface area (Å²) in [4.78, 5) is 23.7. The van der Waals surface area contributed by atoms with Gasteiger partial charge in [-0.3, -0.25) is 14.9 Å². The predicted molar refractivity (Wildman–Crippen MR) is 121 cm³/mol. The maximum Gasteiger partial charge on any atom is 0.286 e. The number of hydrogen-bond acceptors (Lipinski definition) is 8. The van der Waals surface area contributed by atoms with E-state index in [4.69, 9.17) is 14.2 Å². The fraction of sp³-hybridized carbons (Fsp3) is 0.381. The fourth-order valence-corrected chi connectivity index (χ4v) is 4.11. The number of rotatable bonds is 11. The number of methoxy groups -OCH3 is 2. The van der Waals surface area contributed by atoms with Crippen molar-refractivity contribution in [3.8, 4) is 11.5 Å². The van der Waals surface area contributed by atoms with Gasteiger partial charge in [0.25, 0.3) is 11.6 Å². The third-order valence-corrected chi connectivity index (χ3v) is 6.83. The van der Waals surface area contributed by atoms with Gasteiger partial charge >= 0.3 is 0 Å². The molecule has 12 heteroatoms. The summed E-state index contributed by atoms with van der Waals surface area (Å²) in [5.41, 5.74) is -0.453. The lowest BCUT2D eigenvalue weighted by atomic mass is 10.1. The van der Waals surface area contributed by atoms with Gasteiger partial charge in [0.05, 0.1) is 29.6 Å². The van der Waals surface area contributed by atoms with Gasteiger partial charge < -0.3 is 19.5 Å². The first-order chi connectivity index (χ1) is 15.5. The van der Waals surface area contributed by atoms with Crippen LogP contribution < -0.4 is 14.8 Å². The van der Waals surface area contributed by atoms with E-state index in [1.54, 1.807) is 13.8 Å².